The number of H-pyrrole nitrogens is 1. The topological polar surface area (TPSA) is 57.8 Å². The van der Waals surface area contributed by atoms with Crippen LogP contribution >= 0.6 is 0 Å². The van der Waals surface area contributed by atoms with E-state index in [0.717, 1.165) is 30.5 Å². The van der Waals surface area contributed by atoms with Crippen molar-refractivity contribution in [3.63, 3.8) is 0 Å². The zero-order chi connectivity index (χ0) is 24.1. The van der Waals surface area contributed by atoms with Crippen LogP contribution in [0.1, 0.15) is 34.8 Å². The lowest BCUT2D eigenvalue weighted by Crippen LogP contribution is -2.32. The van der Waals surface area contributed by atoms with E-state index in [1.807, 2.05) is 25.1 Å². The van der Waals surface area contributed by atoms with Gasteiger partial charge in [0.25, 0.3) is 5.91 Å². The Bertz CT molecular complexity index is 1250. The van der Waals surface area contributed by atoms with Gasteiger partial charge in [-0.3, -0.25) is 9.89 Å². The number of hydrogen-bond donors (Lipinski definition) is 2. The monoisotopic (exact) mass is 463 g/mol. The number of halogens is 3. The van der Waals surface area contributed by atoms with Crippen molar-refractivity contribution < 1.29 is 18.0 Å². The SMILES string of the molecule is C[C@H](CCc1ccccc1)NC(=O)c1ccc(-c2cc(-c3cccc(C(F)(F)F)c3)n[nH]2)cc1. The summed E-state index contributed by atoms with van der Waals surface area (Å²) in [5.74, 6) is -0.152. The summed E-state index contributed by atoms with van der Waals surface area (Å²) < 4.78 is 39.0. The molecule has 0 fully saturated rings. The highest BCUT2D eigenvalue weighted by Crippen LogP contribution is 2.32. The fourth-order valence-corrected chi connectivity index (χ4v) is 3.68. The van der Waals surface area contributed by atoms with Crippen LogP contribution in [0.15, 0.2) is 84.9 Å². The molecular formula is C27H24F3N3O. The number of aromatic nitrogens is 2. The van der Waals surface area contributed by atoms with Crippen LogP contribution in [-0.2, 0) is 12.6 Å². The second kappa shape index (κ2) is 9.95. The number of amides is 1. The van der Waals surface area contributed by atoms with Crippen molar-refractivity contribution in [2.45, 2.75) is 32.0 Å². The second-order valence-corrected chi connectivity index (χ2v) is 8.22. The number of nitrogens with zero attached hydrogens (tertiary/aromatic N) is 1. The Hall–Kier alpha value is -3.87. The molecule has 0 aliphatic heterocycles. The van der Waals surface area contributed by atoms with Crippen molar-refractivity contribution >= 4 is 5.91 Å². The second-order valence-electron chi connectivity index (χ2n) is 8.22. The molecule has 0 unspecified atom stereocenters. The van der Waals surface area contributed by atoms with E-state index in [1.165, 1.54) is 11.6 Å². The van der Waals surface area contributed by atoms with E-state index in [2.05, 4.69) is 27.6 Å². The summed E-state index contributed by atoms with van der Waals surface area (Å²) in [6.07, 6.45) is -2.69. The largest absolute Gasteiger partial charge is 0.416 e. The third-order valence-corrected chi connectivity index (χ3v) is 5.61. The summed E-state index contributed by atoms with van der Waals surface area (Å²) in [5.41, 5.74) is 3.26. The molecule has 4 aromatic rings. The molecule has 7 heteroatoms. The zero-order valence-corrected chi connectivity index (χ0v) is 18.6. The van der Waals surface area contributed by atoms with Gasteiger partial charge in [0.2, 0.25) is 0 Å². The first-order valence-electron chi connectivity index (χ1n) is 11.0. The molecule has 0 bridgehead atoms. The average Bonchev–Trinajstić information content (AvgIpc) is 3.33. The minimum Gasteiger partial charge on any atom is -0.350 e. The smallest absolute Gasteiger partial charge is 0.350 e. The van der Waals surface area contributed by atoms with Gasteiger partial charge in [-0.25, -0.2) is 0 Å². The molecule has 0 saturated carbocycles. The number of carbonyl (C=O) groups excluding carboxylic acids is 1. The molecule has 0 spiro atoms. The molecule has 1 amide bonds. The third kappa shape index (κ3) is 5.73. The first-order valence-corrected chi connectivity index (χ1v) is 11.0. The lowest BCUT2D eigenvalue weighted by molar-refractivity contribution is -0.137. The lowest BCUT2D eigenvalue weighted by Gasteiger charge is -2.14. The maximum atomic E-state index is 13.0. The average molecular weight is 464 g/mol. The number of rotatable bonds is 7. The van der Waals surface area contributed by atoms with Crippen LogP contribution in [-0.4, -0.2) is 22.1 Å². The summed E-state index contributed by atoms with van der Waals surface area (Å²) in [7, 11) is 0. The maximum absolute atomic E-state index is 13.0. The summed E-state index contributed by atoms with van der Waals surface area (Å²) >= 11 is 0. The van der Waals surface area contributed by atoms with Crippen molar-refractivity contribution in [2.75, 3.05) is 0 Å². The van der Waals surface area contributed by atoms with Gasteiger partial charge in [-0.1, -0.05) is 54.6 Å². The standard InChI is InChI=1S/C27H24F3N3O/c1-18(10-11-19-6-3-2-4-7-19)31-26(34)21-14-12-20(13-15-21)24-17-25(33-32-24)22-8-5-9-23(16-22)27(28,29)30/h2-9,12-18H,10-11H2,1H3,(H,31,34)(H,32,33)/t18-/m1/s1. The van der Waals surface area contributed by atoms with Gasteiger partial charge < -0.3 is 5.32 Å². The number of benzene rings is 3. The predicted octanol–water partition coefficient (Wildman–Crippen LogP) is 6.51. The quantitative estimate of drug-likeness (QED) is 0.328. The number of aromatic amines is 1. The zero-order valence-electron chi connectivity index (χ0n) is 18.6. The van der Waals surface area contributed by atoms with Gasteiger partial charge in [0.15, 0.2) is 0 Å². The third-order valence-electron chi connectivity index (χ3n) is 5.61. The van der Waals surface area contributed by atoms with Gasteiger partial charge in [-0.05, 0) is 61.2 Å². The fourth-order valence-electron chi connectivity index (χ4n) is 3.68. The summed E-state index contributed by atoms with van der Waals surface area (Å²) in [6.45, 7) is 1.98. The molecule has 0 aliphatic rings. The Morgan fingerprint density at radius 2 is 1.68 bits per heavy atom. The fraction of sp³-hybridized carbons (Fsp3) is 0.185. The molecule has 174 valence electrons. The van der Waals surface area contributed by atoms with E-state index in [4.69, 9.17) is 0 Å². The van der Waals surface area contributed by atoms with Gasteiger partial charge in [0, 0.05) is 17.2 Å². The number of alkyl halides is 3. The van der Waals surface area contributed by atoms with Gasteiger partial charge >= 0.3 is 6.18 Å². The molecule has 1 atom stereocenters. The summed E-state index contributed by atoms with van der Waals surface area (Å²) in [4.78, 5) is 12.6. The Kier molecular flexibility index (Phi) is 6.82. The van der Waals surface area contributed by atoms with Crippen LogP contribution < -0.4 is 5.32 Å². The van der Waals surface area contributed by atoms with E-state index in [-0.39, 0.29) is 11.9 Å². The first-order chi connectivity index (χ1) is 16.3. The van der Waals surface area contributed by atoms with Crippen LogP contribution in [0.4, 0.5) is 13.2 Å². The van der Waals surface area contributed by atoms with Crippen molar-refractivity contribution in [3.8, 4) is 22.5 Å². The molecule has 0 aliphatic carbocycles. The Labute approximate surface area is 195 Å². The maximum Gasteiger partial charge on any atom is 0.416 e. The highest BCUT2D eigenvalue weighted by Gasteiger charge is 2.30. The Morgan fingerprint density at radius 1 is 0.941 bits per heavy atom. The van der Waals surface area contributed by atoms with Crippen LogP contribution in [0.2, 0.25) is 0 Å². The minimum atomic E-state index is -4.41. The van der Waals surface area contributed by atoms with Gasteiger partial charge in [0.05, 0.1) is 17.0 Å². The van der Waals surface area contributed by atoms with Gasteiger partial charge in [0.1, 0.15) is 0 Å². The lowest BCUT2D eigenvalue weighted by atomic mass is 10.0. The highest BCUT2D eigenvalue weighted by molar-refractivity contribution is 5.94. The minimum absolute atomic E-state index is 0.0232. The molecule has 2 N–H and O–H groups in total. The van der Waals surface area contributed by atoms with Crippen molar-refractivity contribution in [1.29, 1.82) is 0 Å². The number of nitrogens with one attached hydrogen (secondary N) is 2. The number of hydrogen-bond acceptors (Lipinski definition) is 2. The molecule has 1 heterocycles. The Morgan fingerprint density at radius 3 is 2.38 bits per heavy atom. The molecule has 4 rings (SSSR count). The summed E-state index contributed by atoms with van der Waals surface area (Å²) in [6, 6.07) is 23.9. The van der Waals surface area contributed by atoms with Crippen molar-refractivity contribution in [2.24, 2.45) is 0 Å². The van der Waals surface area contributed by atoms with Gasteiger partial charge in [-0.2, -0.15) is 18.3 Å². The molecule has 34 heavy (non-hydrogen) atoms. The van der Waals surface area contributed by atoms with Crippen LogP contribution in [0.3, 0.4) is 0 Å². The van der Waals surface area contributed by atoms with Crippen molar-refractivity contribution in [3.05, 3.63) is 102 Å². The van der Waals surface area contributed by atoms with E-state index in [9.17, 15) is 18.0 Å². The molecule has 0 saturated heterocycles. The van der Waals surface area contributed by atoms with E-state index >= 15 is 0 Å². The predicted molar refractivity (Wildman–Crippen MR) is 126 cm³/mol. The molecule has 4 nitrogen and oxygen atoms in total. The van der Waals surface area contributed by atoms with Crippen LogP contribution in [0.25, 0.3) is 22.5 Å². The molecule has 3 aromatic carbocycles. The highest BCUT2D eigenvalue weighted by atomic mass is 19.4. The van der Waals surface area contributed by atoms with E-state index in [1.54, 1.807) is 36.4 Å². The summed E-state index contributed by atoms with van der Waals surface area (Å²) in [5, 5.41) is 10.0. The first kappa shape index (κ1) is 23.3. The molecule has 0 radical (unpaired) electrons. The van der Waals surface area contributed by atoms with Gasteiger partial charge in [-0.15, -0.1) is 0 Å². The van der Waals surface area contributed by atoms with Crippen LogP contribution in [0, 0.1) is 0 Å². The normalized spacial score (nSPS) is 12.4. The van der Waals surface area contributed by atoms with E-state index in [0.29, 0.717) is 22.5 Å². The van der Waals surface area contributed by atoms with Crippen molar-refractivity contribution in [1.82, 2.24) is 15.5 Å². The van der Waals surface area contributed by atoms with E-state index < -0.39 is 11.7 Å². The number of carbonyl (C=O) groups is 1. The molecular weight excluding hydrogens is 439 g/mol. The number of aryl methyl sites for hydroxylation is 1. The Balaban J connectivity index is 1.39. The van der Waals surface area contributed by atoms with Crippen LogP contribution in [0.5, 0.6) is 0 Å². The molecule has 1 aromatic heterocycles.